The third-order valence-electron chi connectivity index (χ3n) is 3.28. The summed E-state index contributed by atoms with van der Waals surface area (Å²) in [6.07, 6.45) is 0.988. The van der Waals surface area contributed by atoms with Crippen LogP contribution in [0.4, 0.5) is 0 Å². The van der Waals surface area contributed by atoms with E-state index < -0.39 is 5.60 Å². The number of hydrogen-bond acceptors (Lipinski definition) is 2. The first-order valence-corrected chi connectivity index (χ1v) is 6.15. The van der Waals surface area contributed by atoms with Crippen LogP contribution in [0.2, 0.25) is 5.02 Å². The summed E-state index contributed by atoms with van der Waals surface area (Å²) >= 11 is 6.00. The van der Waals surface area contributed by atoms with E-state index in [-0.39, 0.29) is 5.91 Å². The zero-order valence-corrected chi connectivity index (χ0v) is 10.6. The van der Waals surface area contributed by atoms with Crippen LogP contribution in [0.3, 0.4) is 0 Å². The van der Waals surface area contributed by atoms with Crippen LogP contribution in [0.5, 0.6) is 0 Å². The fourth-order valence-corrected chi connectivity index (χ4v) is 2.18. The Kier molecular flexibility index (Phi) is 3.40. The lowest BCUT2D eigenvalue weighted by molar-refractivity contribution is -0.155. The molecule has 0 spiro atoms. The lowest BCUT2D eigenvalue weighted by Gasteiger charge is -2.46. The van der Waals surface area contributed by atoms with Gasteiger partial charge in [0.05, 0.1) is 25.1 Å². The molecule has 1 aromatic rings. The second kappa shape index (κ2) is 4.67. The Bertz CT molecular complexity index is 427. The first kappa shape index (κ1) is 12.4. The third kappa shape index (κ3) is 2.61. The van der Waals surface area contributed by atoms with Crippen molar-refractivity contribution in [1.82, 2.24) is 4.90 Å². The number of benzene rings is 1. The summed E-state index contributed by atoms with van der Waals surface area (Å²) in [4.78, 5) is 13.6. The maximum atomic E-state index is 11.9. The molecule has 1 heterocycles. The average Bonchev–Trinajstić information content (AvgIpc) is 2.28. The van der Waals surface area contributed by atoms with Crippen molar-refractivity contribution in [2.75, 3.05) is 13.1 Å². The normalized spacial score (nSPS) is 17.7. The standard InChI is InChI=1S/C13H16ClNO2/c1-2-13(17)8-15(9-13)12(16)7-10-5-3-4-6-11(10)14/h3-6,17H,2,7-9H2,1H3. The molecule has 92 valence electrons. The highest BCUT2D eigenvalue weighted by Gasteiger charge is 2.41. The van der Waals surface area contributed by atoms with E-state index in [0.717, 1.165) is 5.56 Å². The Morgan fingerprint density at radius 1 is 1.47 bits per heavy atom. The fourth-order valence-electron chi connectivity index (χ4n) is 1.98. The minimum absolute atomic E-state index is 0.0243. The molecular formula is C13H16ClNO2. The fraction of sp³-hybridized carbons (Fsp3) is 0.462. The number of nitrogens with zero attached hydrogens (tertiary/aromatic N) is 1. The van der Waals surface area contributed by atoms with Crippen LogP contribution < -0.4 is 0 Å². The molecule has 1 aromatic carbocycles. The number of likely N-dealkylation sites (tertiary alicyclic amines) is 1. The van der Waals surface area contributed by atoms with Gasteiger partial charge in [0.2, 0.25) is 5.91 Å². The SMILES string of the molecule is CCC1(O)CN(C(=O)Cc2ccccc2Cl)C1. The molecule has 17 heavy (non-hydrogen) atoms. The Balaban J connectivity index is 1.94. The number of rotatable bonds is 3. The van der Waals surface area contributed by atoms with E-state index in [1.54, 1.807) is 11.0 Å². The molecule has 1 aliphatic rings. The van der Waals surface area contributed by atoms with Crippen LogP contribution in [0, 0.1) is 0 Å². The smallest absolute Gasteiger partial charge is 0.227 e. The summed E-state index contributed by atoms with van der Waals surface area (Å²) in [7, 11) is 0. The van der Waals surface area contributed by atoms with Crippen molar-refractivity contribution in [1.29, 1.82) is 0 Å². The summed E-state index contributed by atoms with van der Waals surface area (Å²) in [5.74, 6) is 0.0243. The van der Waals surface area contributed by atoms with Crippen molar-refractivity contribution < 1.29 is 9.90 Å². The lowest BCUT2D eigenvalue weighted by Crippen LogP contribution is -2.63. The highest BCUT2D eigenvalue weighted by atomic mass is 35.5. The van der Waals surface area contributed by atoms with Crippen molar-refractivity contribution in [3.63, 3.8) is 0 Å². The van der Waals surface area contributed by atoms with Gasteiger partial charge in [-0.3, -0.25) is 4.79 Å². The minimum atomic E-state index is -0.670. The molecule has 0 atom stereocenters. The summed E-state index contributed by atoms with van der Waals surface area (Å²) < 4.78 is 0. The Labute approximate surface area is 106 Å². The van der Waals surface area contributed by atoms with Crippen LogP contribution in [-0.4, -0.2) is 34.6 Å². The monoisotopic (exact) mass is 253 g/mol. The van der Waals surface area contributed by atoms with E-state index in [2.05, 4.69) is 0 Å². The molecule has 1 amide bonds. The van der Waals surface area contributed by atoms with E-state index in [1.165, 1.54) is 0 Å². The molecule has 0 aromatic heterocycles. The van der Waals surface area contributed by atoms with Gasteiger partial charge in [-0.15, -0.1) is 0 Å². The molecule has 0 unspecified atom stereocenters. The Morgan fingerprint density at radius 3 is 2.71 bits per heavy atom. The van der Waals surface area contributed by atoms with Crippen molar-refractivity contribution in [2.45, 2.75) is 25.4 Å². The van der Waals surface area contributed by atoms with Crippen molar-refractivity contribution in [2.24, 2.45) is 0 Å². The molecule has 1 saturated heterocycles. The lowest BCUT2D eigenvalue weighted by atomic mass is 9.91. The van der Waals surface area contributed by atoms with Gasteiger partial charge in [-0.1, -0.05) is 36.7 Å². The van der Waals surface area contributed by atoms with Crippen LogP contribution in [0.1, 0.15) is 18.9 Å². The third-order valence-corrected chi connectivity index (χ3v) is 3.65. The Hall–Kier alpha value is -1.06. The van der Waals surface area contributed by atoms with Crippen molar-refractivity contribution in [3.05, 3.63) is 34.9 Å². The highest BCUT2D eigenvalue weighted by Crippen LogP contribution is 2.25. The predicted molar refractivity (Wildman–Crippen MR) is 67.0 cm³/mol. The molecule has 4 heteroatoms. The molecule has 1 aliphatic heterocycles. The second-order valence-corrected chi connectivity index (χ2v) is 5.00. The number of halogens is 1. The van der Waals surface area contributed by atoms with Gasteiger partial charge in [0.1, 0.15) is 0 Å². The first-order valence-electron chi connectivity index (χ1n) is 5.77. The number of aliphatic hydroxyl groups is 1. The van der Waals surface area contributed by atoms with Gasteiger partial charge < -0.3 is 10.0 Å². The number of β-amino-alcohol motifs (C(OH)–C–C–N with tert-alkyl or cyclic N) is 1. The van der Waals surface area contributed by atoms with Gasteiger partial charge in [0.25, 0.3) is 0 Å². The van der Waals surface area contributed by atoms with E-state index in [9.17, 15) is 9.90 Å². The quantitative estimate of drug-likeness (QED) is 0.893. The van der Waals surface area contributed by atoms with Crippen LogP contribution >= 0.6 is 11.6 Å². The zero-order valence-electron chi connectivity index (χ0n) is 9.82. The predicted octanol–water partition coefficient (Wildman–Crippen LogP) is 1.87. The molecule has 0 radical (unpaired) electrons. The molecule has 2 rings (SSSR count). The van der Waals surface area contributed by atoms with E-state index >= 15 is 0 Å². The van der Waals surface area contributed by atoms with Gasteiger partial charge in [-0.2, -0.15) is 0 Å². The molecule has 1 fully saturated rings. The maximum Gasteiger partial charge on any atom is 0.227 e. The summed E-state index contributed by atoms with van der Waals surface area (Å²) in [5, 5.41) is 10.5. The molecule has 0 bridgehead atoms. The summed E-state index contributed by atoms with van der Waals surface area (Å²) in [5.41, 5.74) is 0.168. The van der Waals surface area contributed by atoms with Gasteiger partial charge in [-0.05, 0) is 18.1 Å². The van der Waals surface area contributed by atoms with E-state index in [0.29, 0.717) is 31.0 Å². The highest BCUT2D eigenvalue weighted by molar-refractivity contribution is 6.31. The molecule has 0 aliphatic carbocycles. The second-order valence-electron chi connectivity index (χ2n) is 4.60. The molecule has 3 nitrogen and oxygen atoms in total. The van der Waals surface area contributed by atoms with E-state index in [1.807, 2.05) is 25.1 Å². The molecule has 1 N–H and O–H groups in total. The summed E-state index contributed by atoms with van der Waals surface area (Å²) in [6.45, 7) is 2.80. The van der Waals surface area contributed by atoms with Crippen LogP contribution in [0.25, 0.3) is 0 Å². The number of hydrogen-bond donors (Lipinski definition) is 1. The van der Waals surface area contributed by atoms with Crippen molar-refractivity contribution >= 4 is 17.5 Å². The van der Waals surface area contributed by atoms with Gasteiger partial charge in [-0.25, -0.2) is 0 Å². The maximum absolute atomic E-state index is 11.9. The van der Waals surface area contributed by atoms with Gasteiger partial charge in [0.15, 0.2) is 0 Å². The number of amides is 1. The number of carbonyl (C=O) groups is 1. The van der Waals surface area contributed by atoms with E-state index in [4.69, 9.17) is 11.6 Å². The molecule has 0 saturated carbocycles. The number of carbonyl (C=O) groups excluding carboxylic acids is 1. The summed E-state index contributed by atoms with van der Waals surface area (Å²) in [6, 6.07) is 7.34. The van der Waals surface area contributed by atoms with Crippen LogP contribution in [0.15, 0.2) is 24.3 Å². The van der Waals surface area contributed by atoms with Crippen molar-refractivity contribution in [3.8, 4) is 0 Å². The van der Waals surface area contributed by atoms with Crippen LogP contribution in [-0.2, 0) is 11.2 Å². The largest absolute Gasteiger partial charge is 0.386 e. The Morgan fingerprint density at radius 2 is 2.12 bits per heavy atom. The van der Waals surface area contributed by atoms with Gasteiger partial charge >= 0.3 is 0 Å². The first-order chi connectivity index (χ1) is 8.04. The van der Waals surface area contributed by atoms with Gasteiger partial charge in [0, 0.05) is 5.02 Å². The minimum Gasteiger partial charge on any atom is -0.386 e. The topological polar surface area (TPSA) is 40.5 Å². The molecular weight excluding hydrogens is 238 g/mol. The zero-order chi connectivity index (χ0) is 12.5. The average molecular weight is 254 g/mol.